The van der Waals surface area contributed by atoms with E-state index in [4.69, 9.17) is 4.74 Å². The van der Waals surface area contributed by atoms with Crippen LogP contribution in [-0.2, 0) is 0 Å². The van der Waals surface area contributed by atoms with E-state index in [9.17, 15) is 5.21 Å². The van der Waals surface area contributed by atoms with Gasteiger partial charge in [0.05, 0.1) is 22.1 Å². The third-order valence-corrected chi connectivity index (χ3v) is 8.22. The Labute approximate surface area is 193 Å². The van der Waals surface area contributed by atoms with Gasteiger partial charge in [-0.3, -0.25) is 0 Å². The Balaban J connectivity index is 1.48. The van der Waals surface area contributed by atoms with Gasteiger partial charge in [-0.2, -0.15) is 4.74 Å². The van der Waals surface area contributed by atoms with Gasteiger partial charge in [0.1, 0.15) is 11.4 Å². The summed E-state index contributed by atoms with van der Waals surface area (Å²) in [4.78, 5) is 0. The van der Waals surface area contributed by atoms with Crippen molar-refractivity contribution in [1.82, 2.24) is 0 Å². The first-order valence-corrected chi connectivity index (χ1v) is 12.7. The quantitative estimate of drug-likeness (QED) is 0.356. The molecule has 0 aromatic heterocycles. The summed E-state index contributed by atoms with van der Waals surface area (Å²) in [6.07, 6.45) is 18.6. The highest BCUT2D eigenvalue weighted by molar-refractivity contribution is 6.28. The first kappa shape index (κ1) is 21.8. The van der Waals surface area contributed by atoms with Crippen LogP contribution >= 0.6 is 0 Å². The molecule has 1 aromatic rings. The Kier molecular flexibility index (Phi) is 5.11. The molecule has 0 radical (unpaired) electrons. The molecule has 4 aliphatic rings. The molecular formula is C29H39NO2. The van der Waals surface area contributed by atoms with Crippen LogP contribution < -0.4 is 4.74 Å². The van der Waals surface area contributed by atoms with E-state index in [1.54, 1.807) is 0 Å². The maximum absolute atomic E-state index is 13.7. The second-order valence-corrected chi connectivity index (χ2v) is 12.2. The second kappa shape index (κ2) is 7.50. The lowest BCUT2D eigenvalue weighted by Crippen LogP contribution is -2.38. The average molecular weight is 434 g/mol. The number of rotatable bonds is 4. The molecule has 3 heteroatoms. The van der Waals surface area contributed by atoms with Crippen molar-refractivity contribution in [2.45, 2.75) is 98.0 Å². The van der Waals surface area contributed by atoms with E-state index in [1.165, 1.54) is 56.1 Å². The predicted octanol–water partition coefficient (Wildman–Crippen LogP) is 8.04. The van der Waals surface area contributed by atoms with Gasteiger partial charge < -0.3 is 9.94 Å². The van der Waals surface area contributed by atoms with Crippen molar-refractivity contribution < 1.29 is 9.48 Å². The summed E-state index contributed by atoms with van der Waals surface area (Å²) in [6.45, 7) is 11.0. The maximum atomic E-state index is 13.7. The molecule has 32 heavy (non-hydrogen) atoms. The third-order valence-electron chi connectivity index (χ3n) is 8.22. The highest BCUT2D eigenvalue weighted by Crippen LogP contribution is 2.54. The van der Waals surface area contributed by atoms with Gasteiger partial charge in [0.25, 0.3) is 0 Å². The minimum Gasteiger partial charge on any atom is -0.618 e. The van der Waals surface area contributed by atoms with Gasteiger partial charge in [-0.25, -0.2) is 0 Å². The number of ether oxygens (including phenoxy) is 1. The Hall–Kier alpha value is -2.03. The molecule has 0 N–H and O–H groups in total. The van der Waals surface area contributed by atoms with Crippen LogP contribution in [-0.4, -0.2) is 16.1 Å². The van der Waals surface area contributed by atoms with Gasteiger partial charge in [0, 0.05) is 0 Å². The predicted molar refractivity (Wildman–Crippen MR) is 133 cm³/mol. The van der Waals surface area contributed by atoms with E-state index >= 15 is 0 Å². The topological polar surface area (TPSA) is 35.3 Å². The Morgan fingerprint density at radius 3 is 2.56 bits per heavy atom. The van der Waals surface area contributed by atoms with Crippen LogP contribution in [0.1, 0.15) is 104 Å². The molecule has 0 spiro atoms. The van der Waals surface area contributed by atoms with Crippen molar-refractivity contribution in [1.29, 1.82) is 0 Å². The SMILES string of the molecule is CC1(CCCC2CCCCC2)C=C2C(=[N+]([O-])c3c2ccc2c3C=CC(C)(C)O2)C(C)(C)C1. The summed E-state index contributed by atoms with van der Waals surface area (Å²) in [5.74, 6) is 1.75. The van der Waals surface area contributed by atoms with E-state index in [2.05, 4.69) is 51.1 Å². The minimum absolute atomic E-state index is 0.129. The van der Waals surface area contributed by atoms with Crippen LogP contribution in [0.2, 0.25) is 0 Å². The van der Waals surface area contributed by atoms with E-state index < -0.39 is 0 Å². The van der Waals surface area contributed by atoms with E-state index in [1.807, 2.05) is 13.8 Å². The summed E-state index contributed by atoms with van der Waals surface area (Å²) < 4.78 is 7.38. The van der Waals surface area contributed by atoms with Crippen LogP contribution in [0.25, 0.3) is 11.6 Å². The molecule has 1 atom stereocenters. The molecular weight excluding hydrogens is 394 g/mol. The summed E-state index contributed by atoms with van der Waals surface area (Å²) in [5, 5.41) is 13.7. The fourth-order valence-corrected chi connectivity index (χ4v) is 6.94. The molecule has 0 amide bonds. The van der Waals surface area contributed by atoms with E-state index in [0.29, 0.717) is 0 Å². The van der Waals surface area contributed by atoms with Crippen molar-refractivity contribution in [2.75, 3.05) is 0 Å². The van der Waals surface area contributed by atoms with Crippen molar-refractivity contribution in [3.8, 4) is 5.75 Å². The highest BCUT2D eigenvalue weighted by atomic mass is 16.5. The number of nitrogens with zero attached hydrogens (tertiary/aromatic N) is 1. The number of hydrogen-bond donors (Lipinski definition) is 0. The summed E-state index contributed by atoms with van der Waals surface area (Å²) >= 11 is 0. The fourth-order valence-electron chi connectivity index (χ4n) is 6.94. The van der Waals surface area contributed by atoms with Crippen molar-refractivity contribution >= 4 is 23.0 Å². The normalized spacial score (nSPS) is 28.0. The Morgan fingerprint density at radius 2 is 1.81 bits per heavy atom. The van der Waals surface area contributed by atoms with E-state index in [0.717, 1.165) is 46.2 Å². The summed E-state index contributed by atoms with van der Waals surface area (Å²) in [7, 11) is 0. The summed E-state index contributed by atoms with van der Waals surface area (Å²) in [6, 6.07) is 4.16. The molecule has 2 aliphatic heterocycles. The molecule has 1 fully saturated rings. The average Bonchev–Trinajstić information content (AvgIpc) is 2.99. The molecule has 0 saturated heterocycles. The van der Waals surface area contributed by atoms with Crippen LogP contribution in [0.15, 0.2) is 24.3 Å². The zero-order valence-corrected chi connectivity index (χ0v) is 20.6. The van der Waals surface area contributed by atoms with Crippen molar-refractivity contribution in [3.05, 3.63) is 40.6 Å². The van der Waals surface area contributed by atoms with Gasteiger partial charge in [-0.15, -0.1) is 0 Å². The molecule has 2 heterocycles. The highest BCUT2D eigenvalue weighted by Gasteiger charge is 2.50. The van der Waals surface area contributed by atoms with Gasteiger partial charge in [-0.05, 0) is 76.2 Å². The Morgan fingerprint density at radius 1 is 1.06 bits per heavy atom. The molecule has 1 saturated carbocycles. The lowest BCUT2D eigenvalue weighted by atomic mass is 9.62. The van der Waals surface area contributed by atoms with Crippen LogP contribution in [0.4, 0.5) is 5.69 Å². The van der Waals surface area contributed by atoms with Crippen molar-refractivity contribution in [2.24, 2.45) is 16.7 Å². The van der Waals surface area contributed by atoms with Crippen LogP contribution in [0.5, 0.6) is 5.75 Å². The zero-order chi connectivity index (χ0) is 22.7. The second-order valence-electron chi connectivity index (χ2n) is 12.2. The number of hydrogen-bond acceptors (Lipinski definition) is 2. The van der Waals surface area contributed by atoms with Gasteiger partial charge in [-0.1, -0.05) is 57.9 Å². The molecule has 0 bridgehead atoms. The molecule has 2 aliphatic carbocycles. The zero-order valence-electron chi connectivity index (χ0n) is 20.6. The number of allylic oxidation sites excluding steroid dienone is 2. The lowest BCUT2D eigenvalue weighted by Gasteiger charge is -2.39. The third kappa shape index (κ3) is 3.72. The number of benzene rings is 1. The smallest absolute Gasteiger partial charge is 0.235 e. The lowest BCUT2D eigenvalue weighted by molar-refractivity contribution is -0.361. The first-order valence-electron chi connectivity index (χ1n) is 12.7. The maximum Gasteiger partial charge on any atom is 0.235 e. The monoisotopic (exact) mass is 433 g/mol. The summed E-state index contributed by atoms with van der Waals surface area (Å²) in [5.41, 5.74) is 4.50. The minimum atomic E-state index is -0.344. The standard InChI is InChI=1S/C29H39NO2/c1-27(2)19-29(5,16-9-12-20-10-7-6-8-11-20)18-23-21-13-14-24-22(15-17-28(3,4)32-24)25(21)30(31)26(23)27/h13-15,17-18,20H,6-12,16,19H2,1-5H3. The van der Waals surface area contributed by atoms with E-state index in [-0.39, 0.29) is 16.4 Å². The van der Waals surface area contributed by atoms with Gasteiger partial charge in [0.2, 0.25) is 11.4 Å². The van der Waals surface area contributed by atoms with Crippen LogP contribution in [0.3, 0.4) is 0 Å². The fraction of sp³-hybridized carbons (Fsp3) is 0.621. The van der Waals surface area contributed by atoms with Crippen molar-refractivity contribution in [3.63, 3.8) is 0 Å². The number of fused-ring (bicyclic) bond motifs is 5. The largest absolute Gasteiger partial charge is 0.618 e. The molecule has 1 aromatic carbocycles. The van der Waals surface area contributed by atoms with Crippen LogP contribution in [0, 0.1) is 22.0 Å². The van der Waals surface area contributed by atoms with Gasteiger partial charge in [0.15, 0.2) is 0 Å². The Bertz CT molecular complexity index is 1020. The molecule has 1 unspecified atom stereocenters. The van der Waals surface area contributed by atoms with Gasteiger partial charge >= 0.3 is 0 Å². The molecule has 172 valence electrons. The first-order chi connectivity index (χ1) is 15.1. The molecule has 5 rings (SSSR count). The molecule has 3 nitrogen and oxygen atoms in total.